The Kier molecular flexibility index (Phi) is 6.86. The Morgan fingerprint density at radius 2 is 1.59 bits per heavy atom. The highest BCUT2D eigenvalue weighted by Gasteiger charge is 2.51. The van der Waals surface area contributed by atoms with Crippen molar-refractivity contribution in [1.29, 1.82) is 0 Å². The molecule has 3 amide bonds. The van der Waals surface area contributed by atoms with Gasteiger partial charge in [0.15, 0.2) is 0 Å². The molecule has 1 aromatic carbocycles. The van der Waals surface area contributed by atoms with Crippen LogP contribution in [-0.2, 0) is 6.61 Å². The molecule has 0 unspecified atom stereocenters. The fraction of sp³-hybridized carbons (Fsp3) is 0.621. The third-order valence-corrected chi connectivity index (χ3v) is 9.81. The van der Waals surface area contributed by atoms with Gasteiger partial charge in [0.2, 0.25) is 0 Å². The van der Waals surface area contributed by atoms with Crippen molar-refractivity contribution in [1.82, 2.24) is 20.9 Å². The number of thiazole rings is 1. The van der Waals surface area contributed by atoms with Crippen LogP contribution >= 0.6 is 11.3 Å². The molecule has 5 aliphatic carbocycles. The lowest BCUT2D eigenvalue weighted by molar-refractivity contribution is -0.0138. The summed E-state index contributed by atoms with van der Waals surface area (Å²) in [7, 11) is 0. The molecule has 2 atom stereocenters. The Morgan fingerprint density at radius 3 is 2.24 bits per heavy atom. The zero-order chi connectivity index (χ0) is 25.4. The summed E-state index contributed by atoms with van der Waals surface area (Å²) < 4.78 is 5.81. The number of nitrogens with one attached hydrogen (secondary N) is 3. The van der Waals surface area contributed by atoms with Gasteiger partial charge in [0.25, 0.3) is 5.91 Å². The number of nitrogens with zero attached hydrogens (tertiary/aromatic N) is 1. The molecule has 7 nitrogen and oxygen atoms in total. The van der Waals surface area contributed by atoms with Crippen LogP contribution in [-0.4, -0.2) is 34.5 Å². The molecule has 0 aliphatic heterocycles. The van der Waals surface area contributed by atoms with Crippen LogP contribution in [0.15, 0.2) is 29.6 Å². The summed E-state index contributed by atoms with van der Waals surface area (Å²) in [4.78, 5) is 30.7. The topological polar surface area (TPSA) is 92.3 Å². The maximum atomic E-state index is 13.1. The molecule has 2 aromatic rings. The molecule has 37 heavy (non-hydrogen) atoms. The Labute approximate surface area is 223 Å². The first-order valence-corrected chi connectivity index (χ1v) is 14.8. The number of aryl methyl sites for hydroxylation is 1. The lowest BCUT2D eigenvalue weighted by Crippen LogP contribution is -2.63. The Hall–Kier alpha value is -2.61. The summed E-state index contributed by atoms with van der Waals surface area (Å²) in [5, 5.41) is 12.4. The number of aromatic nitrogens is 1. The van der Waals surface area contributed by atoms with E-state index in [1.165, 1.54) is 36.2 Å². The van der Waals surface area contributed by atoms with Crippen molar-refractivity contribution in [3.63, 3.8) is 0 Å². The predicted octanol–water partition coefficient (Wildman–Crippen LogP) is 5.34. The molecular weight excluding hydrogens is 484 g/mol. The quantitative estimate of drug-likeness (QED) is 0.458. The fourth-order valence-corrected chi connectivity index (χ4v) is 8.37. The van der Waals surface area contributed by atoms with Gasteiger partial charge in [-0.1, -0.05) is 30.5 Å². The molecule has 8 heteroatoms. The summed E-state index contributed by atoms with van der Waals surface area (Å²) in [6.45, 7) is 2.37. The van der Waals surface area contributed by atoms with Crippen LogP contribution in [0.1, 0.15) is 85.3 Å². The van der Waals surface area contributed by atoms with Crippen molar-refractivity contribution >= 4 is 23.3 Å². The van der Waals surface area contributed by atoms with E-state index in [0.717, 1.165) is 73.5 Å². The molecule has 0 saturated heterocycles. The maximum Gasteiger partial charge on any atom is 0.315 e. The Bertz CT molecular complexity index is 1100. The lowest BCUT2D eigenvalue weighted by Gasteiger charge is -2.56. The largest absolute Gasteiger partial charge is 0.486 e. The number of carbonyl (C=O) groups excluding carboxylic acids is 2. The summed E-state index contributed by atoms with van der Waals surface area (Å²) in [6, 6.07) is 7.68. The fourth-order valence-electron chi connectivity index (χ4n) is 7.69. The standard InChI is InChI=1S/C29H38N4O3S/c1-18-6-8-22(9-7-18)36-16-26-30-25(17-37-26)27(34)31-23-4-2-3-5-24(23)32-28(35)33-29-13-19-10-20(14-29)12-21(11-19)15-29/h6-9,17,19-21,23-24H,2-5,10-16H2,1H3,(H,31,34)(H2,32,33,35)/t19?,20?,21?,23-,24+,29?/m0/s1. The number of hydrogen-bond acceptors (Lipinski definition) is 5. The summed E-state index contributed by atoms with van der Waals surface area (Å²) in [5.74, 6) is 2.98. The maximum absolute atomic E-state index is 13.1. The summed E-state index contributed by atoms with van der Waals surface area (Å²) in [5.41, 5.74) is 1.58. The van der Waals surface area contributed by atoms with E-state index in [2.05, 4.69) is 20.9 Å². The van der Waals surface area contributed by atoms with Crippen molar-refractivity contribution in [2.24, 2.45) is 17.8 Å². The third-order valence-electron chi connectivity index (χ3n) is 8.98. The minimum Gasteiger partial charge on any atom is -0.486 e. The zero-order valence-electron chi connectivity index (χ0n) is 21.6. The van der Waals surface area contributed by atoms with Gasteiger partial charge in [-0.2, -0.15) is 0 Å². The molecule has 7 rings (SSSR count). The van der Waals surface area contributed by atoms with Crippen molar-refractivity contribution < 1.29 is 14.3 Å². The minimum atomic E-state index is -0.182. The minimum absolute atomic E-state index is 0.0100. The van der Waals surface area contributed by atoms with Gasteiger partial charge < -0.3 is 20.7 Å². The van der Waals surface area contributed by atoms with Crippen LogP contribution in [0.25, 0.3) is 0 Å². The summed E-state index contributed by atoms with van der Waals surface area (Å²) in [6.07, 6.45) is 11.3. The van der Waals surface area contributed by atoms with Gasteiger partial charge in [-0.25, -0.2) is 9.78 Å². The van der Waals surface area contributed by atoms with Crippen molar-refractivity contribution in [3.05, 3.63) is 45.9 Å². The van der Waals surface area contributed by atoms with Crippen LogP contribution < -0.4 is 20.7 Å². The van der Waals surface area contributed by atoms with Crippen LogP contribution in [0.5, 0.6) is 5.75 Å². The van der Waals surface area contributed by atoms with E-state index in [1.54, 1.807) is 5.38 Å². The van der Waals surface area contributed by atoms with Gasteiger partial charge in [-0.3, -0.25) is 4.79 Å². The first kappa shape index (κ1) is 24.7. The average molecular weight is 523 g/mol. The molecule has 198 valence electrons. The van der Waals surface area contributed by atoms with Gasteiger partial charge in [0, 0.05) is 17.0 Å². The molecule has 1 heterocycles. The number of hydrogen-bond donors (Lipinski definition) is 3. The number of carbonyl (C=O) groups is 2. The van der Waals surface area contributed by atoms with E-state index in [9.17, 15) is 9.59 Å². The summed E-state index contributed by atoms with van der Waals surface area (Å²) >= 11 is 1.43. The monoisotopic (exact) mass is 522 g/mol. The number of urea groups is 1. The second kappa shape index (κ2) is 10.3. The van der Waals surface area contributed by atoms with E-state index in [4.69, 9.17) is 4.74 Å². The van der Waals surface area contributed by atoms with Crippen LogP contribution in [0.3, 0.4) is 0 Å². The van der Waals surface area contributed by atoms with Crippen LogP contribution in [0.2, 0.25) is 0 Å². The first-order chi connectivity index (χ1) is 17.9. The van der Waals surface area contributed by atoms with Gasteiger partial charge in [-0.05, 0) is 88.2 Å². The second-order valence-electron chi connectivity index (χ2n) is 12.0. The highest BCUT2D eigenvalue weighted by molar-refractivity contribution is 7.09. The Morgan fingerprint density at radius 1 is 0.973 bits per heavy atom. The first-order valence-electron chi connectivity index (χ1n) is 14.0. The second-order valence-corrected chi connectivity index (χ2v) is 12.9. The molecule has 5 aliphatic rings. The van der Waals surface area contributed by atoms with Crippen molar-refractivity contribution in [2.45, 2.75) is 95.4 Å². The number of benzene rings is 1. The van der Waals surface area contributed by atoms with E-state index < -0.39 is 0 Å². The molecule has 1 aromatic heterocycles. The Balaban J connectivity index is 1.02. The van der Waals surface area contributed by atoms with Gasteiger partial charge in [0.05, 0.1) is 6.04 Å². The van der Waals surface area contributed by atoms with Crippen molar-refractivity contribution in [2.75, 3.05) is 0 Å². The third kappa shape index (κ3) is 5.64. The molecule has 0 spiro atoms. The van der Waals surface area contributed by atoms with Gasteiger partial charge >= 0.3 is 6.03 Å². The van der Waals surface area contributed by atoms with Gasteiger partial charge in [0.1, 0.15) is 23.1 Å². The normalized spacial score (nSPS) is 32.1. The molecule has 0 radical (unpaired) electrons. The SMILES string of the molecule is Cc1ccc(OCc2nc(C(=O)N[C@H]3CCCC[C@H]3NC(=O)NC34CC5CC(CC(C5)C3)C4)cs2)cc1. The smallest absolute Gasteiger partial charge is 0.315 e. The highest BCUT2D eigenvalue weighted by Crippen LogP contribution is 2.55. The van der Waals surface area contributed by atoms with E-state index >= 15 is 0 Å². The van der Waals surface area contributed by atoms with E-state index in [0.29, 0.717) is 12.3 Å². The number of amides is 3. The van der Waals surface area contributed by atoms with E-state index in [-0.39, 0.29) is 29.6 Å². The molecule has 4 bridgehead atoms. The number of rotatable bonds is 7. The average Bonchev–Trinajstić information content (AvgIpc) is 3.33. The molecule has 5 saturated carbocycles. The molecule has 5 fully saturated rings. The molecular formula is C29H38N4O3S. The van der Waals surface area contributed by atoms with Crippen molar-refractivity contribution in [3.8, 4) is 5.75 Å². The predicted molar refractivity (Wildman–Crippen MR) is 144 cm³/mol. The number of ether oxygens (including phenoxy) is 1. The van der Waals surface area contributed by atoms with Crippen LogP contribution in [0, 0.1) is 24.7 Å². The zero-order valence-corrected chi connectivity index (χ0v) is 22.4. The van der Waals surface area contributed by atoms with E-state index in [1.807, 2.05) is 31.2 Å². The highest BCUT2D eigenvalue weighted by atomic mass is 32.1. The van der Waals surface area contributed by atoms with Crippen LogP contribution in [0.4, 0.5) is 4.79 Å². The lowest BCUT2D eigenvalue weighted by atomic mass is 9.53. The molecule has 3 N–H and O–H groups in total. The van der Waals surface area contributed by atoms with Gasteiger partial charge in [-0.15, -0.1) is 11.3 Å².